The lowest BCUT2D eigenvalue weighted by Crippen LogP contribution is -2.40. The summed E-state index contributed by atoms with van der Waals surface area (Å²) in [5.74, 6) is 1.55. The van der Waals surface area contributed by atoms with Crippen molar-refractivity contribution in [3.8, 4) is 0 Å². The molecule has 0 radical (unpaired) electrons. The Hall–Kier alpha value is -2.22. The maximum Gasteiger partial charge on any atom is 0.253 e. The van der Waals surface area contributed by atoms with Gasteiger partial charge in [0.1, 0.15) is 5.82 Å². The van der Waals surface area contributed by atoms with Crippen LogP contribution in [0.5, 0.6) is 0 Å². The van der Waals surface area contributed by atoms with Gasteiger partial charge >= 0.3 is 0 Å². The van der Waals surface area contributed by atoms with Crippen molar-refractivity contribution in [2.24, 2.45) is 0 Å². The zero-order valence-electron chi connectivity index (χ0n) is 16.8. The maximum atomic E-state index is 12.4. The number of anilines is 2. The van der Waals surface area contributed by atoms with Gasteiger partial charge in [0.15, 0.2) is 0 Å². The molecule has 1 fully saturated rings. The summed E-state index contributed by atoms with van der Waals surface area (Å²) in [5.41, 5.74) is 2.67. The van der Waals surface area contributed by atoms with E-state index in [2.05, 4.69) is 41.5 Å². The number of rotatable bonds is 5. The Kier molecular flexibility index (Phi) is 6.49. The van der Waals surface area contributed by atoms with Gasteiger partial charge in [-0.3, -0.25) is 9.78 Å². The van der Waals surface area contributed by atoms with Gasteiger partial charge in [-0.1, -0.05) is 0 Å². The molecule has 0 saturated heterocycles. The molecule has 0 atom stereocenters. The maximum absolute atomic E-state index is 12.4. The second-order valence-corrected chi connectivity index (χ2v) is 8.45. The molecule has 8 heteroatoms. The van der Waals surface area contributed by atoms with Gasteiger partial charge in [-0.2, -0.15) is 4.98 Å². The van der Waals surface area contributed by atoms with E-state index in [4.69, 9.17) is 0 Å². The molecule has 2 aromatic heterocycles. The van der Waals surface area contributed by atoms with Crippen molar-refractivity contribution in [1.29, 1.82) is 0 Å². The van der Waals surface area contributed by atoms with E-state index in [-0.39, 0.29) is 11.9 Å². The highest BCUT2D eigenvalue weighted by molar-refractivity contribution is 9.10. The van der Waals surface area contributed by atoms with Gasteiger partial charge in [-0.05, 0) is 61.5 Å². The van der Waals surface area contributed by atoms with Crippen LogP contribution in [0.3, 0.4) is 0 Å². The van der Waals surface area contributed by atoms with E-state index >= 15 is 0 Å². The fourth-order valence-electron chi connectivity index (χ4n) is 3.48. The van der Waals surface area contributed by atoms with Crippen molar-refractivity contribution in [2.75, 3.05) is 24.3 Å². The van der Waals surface area contributed by atoms with E-state index in [1.807, 2.05) is 32.8 Å². The smallest absolute Gasteiger partial charge is 0.253 e. The summed E-state index contributed by atoms with van der Waals surface area (Å²) in [4.78, 5) is 27.7. The second-order valence-electron chi connectivity index (χ2n) is 7.53. The van der Waals surface area contributed by atoms with Crippen LogP contribution < -0.4 is 15.5 Å². The highest BCUT2D eigenvalue weighted by Gasteiger charge is 2.24. The lowest BCUT2D eigenvalue weighted by atomic mass is 9.91. The molecule has 28 heavy (non-hydrogen) atoms. The van der Waals surface area contributed by atoms with Crippen molar-refractivity contribution in [3.05, 3.63) is 39.8 Å². The van der Waals surface area contributed by atoms with E-state index in [1.165, 1.54) is 0 Å². The number of pyridine rings is 1. The molecule has 0 aromatic carbocycles. The van der Waals surface area contributed by atoms with Crippen molar-refractivity contribution in [1.82, 2.24) is 20.3 Å². The Morgan fingerprint density at radius 1 is 1.11 bits per heavy atom. The molecule has 1 aliphatic rings. The van der Waals surface area contributed by atoms with Crippen LogP contribution in [0.4, 0.5) is 11.8 Å². The molecule has 3 rings (SSSR count). The number of nitrogens with zero attached hydrogens (tertiary/aromatic N) is 4. The molecule has 0 bridgehead atoms. The average molecular weight is 447 g/mol. The fourth-order valence-corrected chi connectivity index (χ4v) is 3.85. The third kappa shape index (κ3) is 4.98. The number of hydrogen-bond donors (Lipinski definition) is 2. The third-order valence-corrected chi connectivity index (χ3v) is 5.58. The summed E-state index contributed by atoms with van der Waals surface area (Å²) < 4.78 is 0.804. The normalized spacial score (nSPS) is 19.2. The standard InChI is InChI=1S/C20H27BrN6O/c1-12-13(2)23-20(26-18(12)27(3)4)25-17-7-5-16(6-8-17)24-19(28)14-9-15(21)11-22-10-14/h9-11,16-17H,5-8H2,1-4H3,(H,24,28)(H,23,25,26)/t16-,17+. The Labute approximate surface area is 174 Å². The first-order chi connectivity index (χ1) is 13.3. The van der Waals surface area contributed by atoms with Crippen LogP contribution in [0.2, 0.25) is 0 Å². The van der Waals surface area contributed by atoms with Gasteiger partial charge < -0.3 is 15.5 Å². The zero-order valence-corrected chi connectivity index (χ0v) is 18.4. The van der Waals surface area contributed by atoms with E-state index < -0.39 is 0 Å². The predicted molar refractivity (Wildman–Crippen MR) is 115 cm³/mol. The first-order valence-corrected chi connectivity index (χ1v) is 10.3. The SMILES string of the molecule is Cc1nc(N[C@H]2CC[C@@H](NC(=O)c3cncc(Br)c3)CC2)nc(N(C)C)c1C. The van der Waals surface area contributed by atoms with Crippen LogP contribution in [-0.4, -0.2) is 47.0 Å². The lowest BCUT2D eigenvalue weighted by molar-refractivity contribution is 0.0926. The highest BCUT2D eigenvalue weighted by atomic mass is 79.9. The number of halogens is 1. The van der Waals surface area contributed by atoms with Crippen molar-refractivity contribution in [3.63, 3.8) is 0 Å². The molecule has 1 amide bonds. The summed E-state index contributed by atoms with van der Waals surface area (Å²) >= 11 is 3.35. The van der Waals surface area contributed by atoms with Crippen molar-refractivity contribution in [2.45, 2.75) is 51.6 Å². The van der Waals surface area contributed by atoms with Crippen LogP contribution in [0, 0.1) is 13.8 Å². The first-order valence-electron chi connectivity index (χ1n) is 9.54. The predicted octanol–water partition coefficient (Wildman–Crippen LogP) is 3.47. The summed E-state index contributed by atoms with van der Waals surface area (Å²) in [6.45, 7) is 4.06. The molecule has 0 spiro atoms. The molecular formula is C20H27BrN6O. The van der Waals surface area contributed by atoms with Gasteiger partial charge in [0, 0.05) is 54.3 Å². The molecule has 2 heterocycles. The van der Waals surface area contributed by atoms with Crippen LogP contribution in [0.25, 0.3) is 0 Å². The minimum absolute atomic E-state index is 0.0710. The van der Waals surface area contributed by atoms with Crippen molar-refractivity contribution < 1.29 is 4.79 Å². The molecule has 0 unspecified atom stereocenters. The van der Waals surface area contributed by atoms with E-state index in [0.29, 0.717) is 17.6 Å². The number of hydrogen-bond acceptors (Lipinski definition) is 6. The van der Waals surface area contributed by atoms with Crippen LogP contribution in [0.15, 0.2) is 22.9 Å². The van der Waals surface area contributed by atoms with E-state index in [9.17, 15) is 4.79 Å². The third-order valence-electron chi connectivity index (χ3n) is 5.15. The van der Waals surface area contributed by atoms with Crippen LogP contribution >= 0.6 is 15.9 Å². The summed E-state index contributed by atoms with van der Waals surface area (Å²) in [5, 5.41) is 6.60. The molecule has 150 valence electrons. The minimum atomic E-state index is -0.0710. The first kappa shape index (κ1) is 20.5. The topological polar surface area (TPSA) is 83.0 Å². The average Bonchev–Trinajstić information content (AvgIpc) is 2.66. The molecule has 1 saturated carbocycles. The van der Waals surface area contributed by atoms with E-state index in [0.717, 1.165) is 47.2 Å². The lowest BCUT2D eigenvalue weighted by Gasteiger charge is -2.30. The second kappa shape index (κ2) is 8.86. The fraction of sp³-hybridized carbons (Fsp3) is 0.500. The summed E-state index contributed by atoms with van der Waals surface area (Å²) in [6, 6.07) is 2.29. The van der Waals surface area contributed by atoms with Gasteiger partial charge in [0.2, 0.25) is 5.95 Å². The number of carbonyl (C=O) groups is 1. The number of nitrogens with one attached hydrogen (secondary N) is 2. The Bertz CT molecular complexity index is 849. The number of carbonyl (C=O) groups excluding carboxylic acids is 1. The highest BCUT2D eigenvalue weighted by Crippen LogP contribution is 2.24. The summed E-state index contributed by atoms with van der Waals surface area (Å²) in [7, 11) is 3.99. The Balaban J connectivity index is 1.55. The van der Waals surface area contributed by atoms with E-state index in [1.54, 1.807) is 18.5 Å². The number of aryl methyl sites for hydroxylation is 1. The van der Waals surface area contributed by atoms with Crippen LogP contribution in [0.1, 0.15) is 47.3 Å². The van der Waals surface area contributed by atoms with Crippen LogP contribution in [-0.2, 0) is 0 Å². The van der Waals surface area contributed by atoms with Gasteiger partial charge in [-0.25, -0.2) is 4.98 Å². The molecule has 1 aliphatic carbocycles. The molecule has 2 aromatic rings. The van der Waals surface area contributed by atoms with Gasteiger partial charge in [-0.15, -0.1) is 0 Å². The van der Waals surface area contributed by atoms with Gasteiger partial charge in [0.05, 0.1) is 5.56 Å². The molecular weight excluding hydrogens is 420 g/mol. The zero-order chi connectivity index (χ0) is 20.3. The monoisotopic (exact) mass is 446 g/mol. The molecule has 0 aliphatic heterocycles. The number of aromatic nitrogens is 3. The summed E-state index contributed by atoms with van der Waals surface area (Å²) in [6.07, 6.45) is 7.05. The van der Waals surface area contributed by atoms with Crippen molar-refractivity contribution >= 4 is 33.6 Å². The Morgan fingerprint density at radius 3 is 2.43 bits per heavy atom. The minimum Gasteiger partial charge on any atom is -0.362 e. The molecule has 7 nitrogen and oxygen atoms in total. The quantitative estimate of drug-likeness (QED) is 0.731. The number of amides is 1. The molecule has 2 N–H and O–H groups in total. The Morgan fingerprint density at radius 2 is 1.79 bits per heavy atom. The largest absolute Gasteiger partial charge is 0.362 e. The van der Waals surface area contributed by atoms with Gasteiger partial charge in [0.25, 0.3) is 5.91 Å².